The fourth-order valence-electron chi connectivity index (χ4n) is 2.67. The minimum atomic E-state index is 0.347. The summed E-state index contributed by atoms with van der Waals surface area (Å²) < 4.78 is 0. The highest BCUT2D eigenvalue weighted by molar-refractivity contribution is 5.46. The molecule has 2 nitrogen and oxygen atoms in total. The van der Waals surface area contributed by atoms with Crippen LogP contribution in [0.25, 0.3) is 0 Å². The lowest BCUT2D eigenvalue weighted by Crippen LogP contribution is -2.23. The van der Waals surface area contributed by atoms with Gasteiger partial charge in [-0.1, -0.05) is 90.4 Å². The van der Waals surface area contributed by atoms with Gasteiger partial charge in [0.1, 0.15) is 0 Å². The van der Waals surface area contributed by atoms with Gasteiger partial charge in [-0.2, -0.15) is 0 Å². The molecule has 1 unspecified atom stereocenters. The summed E-state index contributed by atoms with van der Waals surface area (Å²) in [6, 6.07) is 0.347. The monoisotopic (exact) mass is 283 g/mol. The number of hydrogen-bond donors (Lipinski definition) is 1. The summed E-state index contributed by atoms with van der Waals surface area (Å²) in [6.07, 6.45) is 20.1. The molecule has 0 bridgehead atoms. The van der Waals surface area contributed by atoms with Gasteiger partial charge in [0.2, 0.25) is 6.41 Å². The minimum Gasteiger partial charge on any atom is -0.356 e. The maximum absolute atomic E-state index is 10.2. The van der Waals surface area contributed by atoms with Crippen LogP contribution in [-0.4, -0.2) is 12.5 Å². The summed E-state index contributed by atoms with van der Waals surface area (Å²) in [4.78, 5) is 10.2. The van der Waals surface area contributed by atoms with Crippen LogP contribution >= 0.6 is 0 Å². The molecule has 0 aliphatic carbocycles. The summed E-state index contributed by atoms with van der Waals surface area (Å²) in [5, 5.41) is 2.81. The van der Waals surface area contributed by atoms with Crippen molar-refractivity contribution in [1.82, 2.24) is 5.32 Å². The smallest absolute Gasteiger partial charge is 0.207 e. The number of unbranched alkanes of at least 4 members (excludes halogenated alkanes) is 12. The van der Waals surface area contributed by atoms with Crippen molar-refractivity contribution in [3.8, 4) is 0 Å². The SMILES string of the molecule is CCCCCCCCCCCCCCCC(C)NC=O. The third-order valence-electron chi connectivity index (χ3n) is 4.09. The third-order valence-corrected chi connectivity index (χ3v) is 4.09. The van der Waals surface area contributed by atoms with E-state index in [0.717, 1.165) is 12.8 Å². The van der Waals surface area contributed by atoms with Gasteiger partial charge in [-0.05, 0) is 13.3 Å². The Morgan fingerprint density at radius 1 is 0.750 bits per heavy atom. The second kappa shape index (κ2) is 16.5. The zero-order chi connectivity index (χ0) is 14.9. The first kappa shape index (κ1) is 19.5. The Morgan fingerprint density at radius 3 is 1.55 bits per heavy atom. The highest BCUT2D eigenvalue weighted by Crippen LogP contribution is 2.13. The molecule has 0 aromatic rings. The van der Waals surface area contributed by atoms with E-state index in [-0.39, 0.29) is 0 Å². The van der Waals surface area contributed by atoms with E-state index in [1.807, 2.05) is 0 Å². The Hall–Kier alpha value is -0.530. The molecule has 20 heavy (non-hydrogen) atoms. The van der Waals surface area contributed by atoms with Crippen molar-refractivity contribution in [2.24, 2.45) is 0 Å². The molecular formula is C18H37NO. The Labute approximate surface area is 127 Å². The molecule has 0 fully saturated rings. The zero-order valence-corrected chi connectivity index (χ0v) is 14.0. The van der Waals surface area contributed by atoms with E-state index in [4.69, 9.17) is 0 Å². The second-order valence-electron chi connectivity index (χ2n) is 6.22. The van der Waals surface area contributed by atoms with Crippen LogP contribution < -0.4 is 5.32 Å². The molecule has 0 saturated heterocycles. The van der Waals surface area contributed by atoms with Crippen molar-refractivity contribution >= 4 is 6.41 Å². The Balaban J connectivity index is 3.01. The first-order valence-corrected chi connectivity index (χ1v) is 9.01. The molecule has 0 aliphatic rings. The molecular weight excluding hydrogens is 246 g/mol. The van der Waals surface area contributed by atoms with Gasteiger partial charge >= 0.3 is 0 Å². The van der Waals surface area contributed by atoms with Gasteiger partial charge in [0.05, 0.1) is 0 Å². The van der Waals surface area contributed by atoms with Crippen molar-refractivity contribution in [3.05, 3.63) is 0 Å². The molecule has 0 aromatic heterocycles. The lowest BCUT2D eigenvalue weighted by atomic mass is 10.0. The molecule has 0 aromatic carbocycles. The summed E-state index contributed by atoms with van der Waals surface area (Å²) in [6.45, 7) is 4.36. The zero-order valence-electron chi connectivity index (χ0n) is 14.0. The highest BCUT2D eigenvalue weighted by Gasteiger charge is 1.99. The molecule has 0 saturated carbocycles. The Morgan fingerprint density at radius 2 is 1.15 bits per heavy atom. The number of rotatable bonds is 16. The van der Waals surface area contributed by atoms with E-state index in [9.17, 15) is 4.79 Å². The normalized spacial score (nSPS) is 12.3. The van der Waals surface area contributed by atoms with Crippen LogP contribution in [0.15, 0.2) is 0 Å². The van der Waals surface area contributed by atoms with Gasteiger partial charge in [0, 0.05) is 6.04 Å². The topological polar surface area (TPSA) is 29.1 Å². The van der Waals surface area contributed by atoms with Crippen LogP contribution in [0.4, 0.5) is 0 Å². The van der Waals surface area contributed by atoms with Crippen LogP contribution in [-0.2, 0) is 4.79 Å². The first-order chi connectivity index (χ1) is 9.81. The number of carbonyl (C=O) groups is 1. The quantitative estimate of drug-likeness (QED) is 0.290. The molecule has 1 N–H and O–H groups in total. The average molecular weight is 283 g/mol. The van der Waals surface area contributed by atoms with E-state index in [2.05, 4.69) is 19.2 Å². The number of hydrogen-bond acceptors (Lipinski definition) is 1. The van der Waals surface area contributed by atoms with Gasteiger partial charge in [0.15, 0.2) is 0 Å². The minimum absolute atomic E-state index is 0.347. The standard InChI is InChI=1S/C18H37NO/c1-3-4-5-6-7-8-9-10-11-12-13-14-15-16-18(2)19-17-20/h17-18H,3-16H2,1-2H3,(H,19,20). The number of carbonyl (C=O) groups excluding carboxylic acids is 1. The third kappa shape index (κ3) is 15.5. The van der Waals surface area contributed by atoms with Crippen LogP contribution in [0.1, 0.15) is 104 Å². The fourth-order valence-corrected chi connectivity index (χ4v) is 2.67. The van der Waals surface area contributed by atoms with Crippen molar-refractivity contribution in [1.29, 1.82) is 0 Å². The predicted molar refractivity (Wildman–Crippen MR) is 89.0 cm³/mol. The van der Waals surface area contributed by atoms with Crippen LogP contribution in [0.2, 0.25) is 0 Å². The summed E-state index contributed by atoms with van der Waals surface area (Å²) in [5.41, 5.74) is 0. The molecule has 0 heterocycles. The van der Waals surface area contributed by atoms with Crippen molar-refractivity contribution in [2.75, 3.05) is 0 Å². The van der Waals surface area contributed by atoms with E-state index in [1.165, 1.54) is 83.5 Å². The highest BCUT2D eigenvalue weighted by atomic mass is 16.1. The second-order valence-corrected chi connectivity index (χ2v) is 6.22. The summed E-state index contributed by atoms with van der Waals surface area (Å²) in [5.74, 6) is 0. The Bertz CT molecular complexity index is 194. The summed E-state index contributed by atoms with van der Waals surface area (Å²) in [7, 11) is 0. The van der Waals surface area contributed by atoms with Crippen LogP contribution in [0.3, 0.4) is 0 Å². The maximum atomic E-state index is 10.2. The molecule has 0 rings (SSSR count). The Kier molecular flexibility index (Phi) is 16.1. The maximum Gasteiger partial charge on any atom is 0.207 e. The van der Waals surface area contributed by atoms with Crippen molar-refractivity contribution < 1.29 is 4.79 Å². The van der Waals surface area contributed by atoms with E-state index in [0.29, 0.717) is 6.04 Å². The molecule has 0 aliphatic heterocycles. The predicted octanol–water partition coefficient (Wildman–Crippen LogP) is 5.60. The lowest BCUT2D eigenvalue weighted by molar-refractivity contribution is -0.110. The largest absolute Gasteiger partial charge is 0.356 e. The number of amides is 1. The first-order valence-electron chi connectivity index (χ1n) is 9.01. The summed E-state index contributed by atoms with van der Waals surface area (Å²) >= 11 is 0. The van der Waals surface area contributed by atoms with E-state index < -0.39 is 0 Å². The molecule has 1 atom stereocenters. The molecule has 0 radical (unpaired) electrons. The van der Waals surface area contributed by atoms with Gasteiger partial charge in [-0.15, -0.1) is 0 Å². The van der Waals surface area contributed by atoms with E-state index >= 15 is 0 Å². The number of nitrogens with one attached hydrogen (secondary N) is 1. The molecule has 120 valence electrons. The van der Waals surface area contributed by atoms with E-state index in [1.54, 1.807) is 0 Å². The van der Waals surface area contributed by atoms with Crippen LogP contribution in [0.5, 0.6) is 0 Å². The fraction of sp³-hybridized carbons (Fsp3) is 0.944. The van der Waals surface area contributed by atoms with Gasteiger partial charge in [-0.3, -0.25) is 4.79 Å². The molecule has 2 heteroatoms. The van der Waals surface area contributed by atoms with Crippen molar-refractivity contribution in [2.45, 2.75) is 110 Å². The lowest BCUT2D eigenvalue weighted by Gasteiger charge is -2.09. The molecule has 0 spiro atoms. The van der Waals surface area contributed by atoms with Gasteiger partial charge in [0.25, 0.3) is 0 Å². The van der Waals surface area contributed by atoms with Crippen molar-refractivity contribution in [3.63, 3.8) is 0 Å². The van der Waals surface area contributed by atoms with Gasteiger partial charge in [-0.25, -0.2) is 0 Å². The average Bonchev–Trinajstić information content (AvgIpc) is 2.44. The molecule has 1 amide bonds. The van der Waals surface area contributed by atoms with Gasteiger partial charge < -0.3 is 5.32 Å². The van der Waals surface area contributed by atoms with Crippen LogP contribution in [0, 0.1) is 0 Å².